The zero-order valence-electron chi connectivity index (χ0n) is 16.0. The number of rotatable bonds is 5. The van der Waals surface area contributed by atoms with E-state index in [1.165, 1.54) is 21.8 Å². The zero-order chi connectivity index (χ0) is 18.9. The highest BCUT2D eigenvalue weighted by atomic mass is 32.1. The van der Waals surface area contributed by atoms with Gasteiger partial charge in [0.25, 0.3) is 0 Å². The number of aryl methyl sites for hydroxylation is 2. The number of hydrogen-bond acceptors (Lipinski definition) is 6. The van der Waals surface area contributed by atoms with Crippen LogP contribution in [0, 0.1) is 0 Å². The molecule has 1 aliphatic carbocycles. The SMILES string of the molecule is COc1ccc(Oc2nc(C[NH+]3CCOCC3)nc3sc4c(c23)CCC4)cc1. The van der Waals surface area contributed by atoms with Crippen molar-refractivity contribution in [2.24, 2.45) is 0 Å². The molecule has 0 bridgehead atoms. The maximum atomic E-state index is 6.27. The smallest absolute Gasteiger partial charge is 0.231 e. The van der Waals surface area contributed by atoms with Crippen molar-refractivity contribution in [2.75, 3.05) is 33.4 Å². The molecule has 0 saturated carbocycles. The van der Waals surface area contributed by atoms with E-state index in [-0.39, 0.29) is 0 Å². The number of benzene rings is 1. The van der Waals surface area contributed by atoms with Gasteiger partial charge in [-0.25, -0.2) is 4.98 Å². The van der Waals surface area contributed by atoms with Gasteiger partial charge in [-0.05, 0) is 49.1 Å². The van der Waals surface area contributed by atoms with Gasteiger partial charge in [-0.2, -0.15) is 4.98 Å². The third kappa shape index (κ3) is 3.45. The molecule has 28 heavy (non-hydrogen) atoms. The third-order valence-corrected chi connectivity index (χ3v) is 6.65. The predicted octanol–water partition coefficient (Wildman–Crippen LogP) is 2.40. The van der Waals surface area contributed by atoms with Crippen LogP contribution in [0.15, 0.2) is 24.3 Å². The number of morpholine rings is 1. The number of aromatic nitrogens is 2. The maximum absolute atomic E-state index is 6.27. The van der Waals surface area contributed by atoms with Gasteiger partial charge >= 0.3 is 0 Å². The van der Waals surface area contributed by atoms with Crippen LogP contribution in [0.5, 0.6) is 17.4 Å². The topological polar surface area (TPSA) is 57.9 Å². The molecule has 1 N–H and O–H groups in total. The molecule has 3 aromatic rings. The minimum absolute atomic E-state index is 0.692. The Labute approximate surface area is 168 Å². The van der Waals surface area contributed by atoms with Crippen LogP contribution < -0.4 is 14.4 Å². The summed E-state index contributed by atoms with van der Waals surface area (Å²) in [5, 5.41) is 1.11. The fourth-order valence-electron chi connectivity index (χ4n) is 3.97. The number of quaternary nitrogens is 1. The molecule has 0 unspecified atom stereocenters. The van der Waals surface area contributed by atoms with Crippen molar-refractivity contribution in [3.05, 3.63) is 40.5 Å². The summed E-state index contributed by atoms with van der Waals surface area (Å²) in [5.74, 6) is 3.13. The molecule has 7 heteroatoms. The monoisotopic (exact) mass is 398 g/mol. The lowest BCUT2D eigenvalue weighted by Crippen LogP contribution is -3.12. The molecule has 1 aliphatic heterocycles. The average molecular weight is 399 g/mol. The Balaban J connectivity index is 1.51. The van der Waals surface area contributed by atoms with E-state index >= 15 is 0 Å². The van der Waals surface area contributed by atoms with Crippen LogP contribution >= 0.6 is 11.3 Å². The summed E-state index contributed by atoms with van der Waals surface area (Å²) in [7, 11) is 1.67. The number of methoxy groups -OCH3 is 1. The summed E-state index contributed by atoms with van der Waals surface area (Å²) in [4.78, 5) is 13.7. The van der Waals surface area contributed by atoms with Gasteiger partial charge in [0, 0.05) is 4.88 Å². The second-order valence-corrected chi connectivity index (χ2v) is 8.38. The van der Waals surface area contributed by atoms with Crippen LogP contribution in [0.3, 0.4) is 0 Å². The van der Waals surface area contributed by atoms with Crippen molar-refractivity contribution >= 4 is 21.6 Å². The molecule has 0 spiro atoms. The molecule has 1 aromatic carbocycles. The summed E-state index contributed by atoms with van der Waals surface area (Å²) < 4.78 is 17.0. The van der Waals surface area contributed by atoms with E-state index in [1.54, 1.807) is 7.11 Å². The van der Waals surface area contributed by atoms with Crippen molar-refractivity contribution in [2.45, 2.75) is 25.8 Å². The Morgan fingerprint density at radius 1 is 1.07 bits per heavy atom. The maximum Gasteiger partial charge on any atom is 0.231 e. The molecule has 1 fully saturated rings. The lowest BCUT2D eigenvalue weighted by molar-refractivity contribution is -0.922. The van der Waals surface area contributed by atoms with Crippen LogP contribution in [-0.4, -0.2) is 43.4 Å². The standard InChI is InChI=1S/C21H23N3O3S/c1-25-14-5-7-15(8-6-14)27-20-19-16-3-2-4-17(16)28-21(19)23-18(22-20)13-24-9-11-26-12-10-24/h5-8H,2-4,9-13H2,1H3/p+1. The minimum atomic E-state index is 0.692. The minimum Gasteiger partial charge on any atom is -0.497 e. The van der Waals surface area contributed by atoms with Gasteiger partial charge in [-0.1, -0.05) is 0 Å². The molecular formula is C21H24N3O3S+. The molecule has 0 atom stereocenters. The lowest BCUT2D eigenvalue weighted by Gasteiger charge is -2.23. The van der Waals surface area contributed by atoms with E-state index in [2.05, 4.69) is 0 Å². The summed E-state index contributed by atoms with van der Waals surface area (Å²) in [6.07, 6.45) is 3.44. The van der Waals surface area contributed by atoms with Crippen molar-refractivity contribution in [1.82, 2.24) is 9.97 Å². The van der Waals surface area contributed by atoms with E-state index in [0.717, 1.165) is 73.2 Å². The fourth-order valence-corrected chi connectivity index (χ4v) is 5.24. The Kier molecular flexibility index (Phi) is 4.88. The Morgan fingerprint density at radius 2 is 1.86 bits per heavy atom. The van der Waals surface area contributed by atoms with Crippen molar-refractivity contribution < 1.29 is 19.1 Å². The first-order chi connectivity index (χ1) is 13.8. The second kappa shape index (κ2) is 7.66. The van der Waals surface area contributed by atoms with Crippen molar-refractivity contribution in [3.63, 3.8) is 0 Å². The van der Waals surface area contributed by atoms with E-state index in [0.29, 0.717) is 5.88 Å². The predicted molar refractivity (Wildman–Crippen MR) is 108 cm³/mol. The molecule has 6 nitrogen and oxygen atoms in total. The van der Waals surface area contributed by atoms with Crippen LogP contribution in [0.25, 0.3) is 10.2 Å². The van der Waals surface area contributed by atoms with Gasteiger partial charge in [-0.15, -0.1) is 11.3 Å². The molecular weight excluding hydrogens is 374 g/mol. The highest BCUT2D eigenvalue weighted by Gasteiger charge is 2.25. The van der Waals surface area contributed by atoms with Crippen LogP contribution in [-0.2, 0) is 24.1 Å². The van der Waals surface area contributed by atoms with Crippen molar-refractivity contribution in [1.29, 1.82) is 0 Å². The van der Waals surface area contributed by atoms with Gasteiger partial charge in [0.15, 0.2) is 5.82 Å². The van der Waals surface area contributed by atoms with Gasteiger partial charge in [0.2, 0.25) is 5.88 Å². The summed E-state index contributed by atoms with van der Waals surface area (Å²) in [6, 6.07) is 7.66. The van der Waals surface area contributed by atoms with Gasteiger partial charge in [-0.3, -0.25) is 0 Å². The lowest BCUT2D eigenvalue weighted by atomic mass is 10.2. The average Bonchev–Trinajstić information content (AvgIpc) is 3.30. The molecule has 3 heterocycles. The molecule has 146 valence electrons. The number of ether oxygens (including phenoxy) is 3. The number of thiophene rings is 1. The normalized spacial score (nSPS) is 17.0. The number of nitrogens with zero attached hydrogens (tertiary/aromatic N) is 2. The second-order valence-electron chi connectivity index (χ2n) is 7.30. The highest BCUT2D eigenvalue weighted by Crippen LogP contribution is 2.41. The van der Waals surface area contributed by atoms with E-state index in [1.807, 2.05) is 35.6 Å². The van der Waals surface area contributed by atoms with Gasteiger partial charge in [0.05, 0.1) is 25.7 Å². The van der Waals surface area contributed by atoms with E-state index in [4.69, 9.17) is 24.2 Å². The van der Waals surface area contributed by atoms with Crippen LogP contribution in [0.2, 0.25) is 0 Å². The Morgan fingerprint density at radius 3 is 2.64 bits per heavy atom. The Bertz CT molecular complexity index is 981. The highest BCUT2D eigenvalue weighted by molar-refractivity contribution is 7.19. The largest absolute Gasteiger partial charge is 0.497 e. The summed E-state index contributed by atoms with van der Waals surface area (Å²) in [5.41, 5.74) is 1.38. The molecule has 1 saturated heterocycles. The van der Waals surface area contributed by atoms with Crippen LogP contribution in [0.4, 0.5) is 0 Å². The molecule has 0 amide bonds. The molecule has 2 aromatic heterocycles. The zero-order valence-corrected chi connectivity index (χ0v) is 16.8. The quantitative estimate of drug-likeness (QED) is 0.715. The first-order valence-corrected chi connectivity index (χ1v) is 10.7. The summed E-state index contributed by atoms with van der Waals surface area (Å²) in [6.45, 7) is 4.41. The molecule has 2 aliphatic rings. The number of fused-ring (bicyclic) bond motifs is 3. The number of nitrogens with one attached hydrogen (secondary N) is 1. The fraction of sp³-hybridized carbons (Fsp3) is 0.429. The number of hydrogen-bond donors (Lipinski definition) is 1. The van der Waals surface area contributed by atoms with E-state index < -0.39 is 0 Å². The summed E-state index contributed by atoms with van der Waals surface area (Å²) >= 11 is 1.81. The van der Waals surface area contributed by atoms with Crippen molar-refractivity contribution in [3.8, 4) is 17.4 Å². The van der Waals surface area contributed by atoms with E-state index in [9.17, 15) is 0 Å². The molecule has 0 radical (unpaired) electrons. The first-order valence-electron chi connectivity index (χ1n) is 9.84. The van der Waals surface area contributed by atoms with Crippen LogP contribution in [0.1, 0.15) is 22.7 Å². The van der Waals surface area contributed by atoms with Gasteiger partial charge < -0.3 is 19.1 Å². The third-order valence-electron chi connectivity index (χ3n) is 5.46. The molecule has 5 rings (SSSR count). The first kappa shape index (κ1) is 17.8. The van der Waals surface area contributed by atoms with Gasteiger partial charge in [0.1, 0.15) is 36.0 Å². The Hall–Kier alpha value is -2.22.